The lowest BCUT2D eigenvalue weighted by molar-refractivity contribution is 0.165. The summed E-state index contributed by atoms with van der Waals surface area (Å²) in [5, 5.41) is 0. The SMILES string of the molecule is CC1(C)CCn2c(nc(-c3ccncc3)cc2=O)N1CC1CCc2ccccc2O1. The Kier molecular flexibility index (Phi) is 4.57. The Morgan fingerprint density at radius 3 is 2.80 bits per heavy atom. The van der Waals surface area contributed by atoms with E-state index in [1.54, 1.807) is 23.0 Å². The second-order valence-electron chi connectivity index (χ2n) is 8.73. The van der Waals surface area contributed by atoms with E-state index in [1.807, 2.05) is 24.3 Å². The van der Waals surface area contributed by atoms with Crippen LogP contribution >= 0.6 is 0 Å². The van der Waals surface area contributed by atoms with Crippen molar-refractivity contribution < 1.29 is 4.74 Å². The van der Waals surface area contributed by atoms with Crippen molar-refractivity contribution in [3.8, 4) is 17.0 Å². The summed E-state index contributed by atoms with van der Waals surface area (Å²) < 4.78 is 8.12. The molecule has 0 saturated heterocycles. The zero-order chi connectivity index (χ0) is 20.7. The van der Waals surface area contributed by atoms with Gasteiger partial charge in [0.1, 0.15) is 11.9 Å². The number of aryl methyl sites for hydroxylation is 1. The van der Waals surface area contributed by atoms with Crippen molar-refractivity contribution in [3.63, 3.8) is 0 Å². The number of rotatable bonds is 3. The molecule has 154 valence electrons. The first kappa shape index (κ1) is 18.9. The molecule has 1 unspecified atom stereocenters. The predicted molar refractivity (Wildman–Crippen MR) is 117 cm³/mol. The fourth-order valence-corrected chi connectivity index (χ4v) is 4.41. The molecule has 0 spiro atoms. The van der Waals surface area contributed by atoms with Gasteiger partial charge in [-0.2, -0.15) is 0 Å². The molecule has 0 amide bonds. The number of nitrogens with zero attached hydrogens (tertiary/aromatic N) is 4. The molecule has 30 heavy (non-hydrogen) atoms. The lowest BCUT2D eigenvalue weighted by Crippen LogP contribution is -2.55. The normalized spacial score (nSPS) is 19.5. The summed E-state index contributed by atoms with van der Waals surface area (Å²) in [7, 11) is 0. The van der Waals surface area contributed by atoms with Crippen LogP contribution < -0.4 is 15.2 Å². The van der Waals surface area contributed by atoms with Gasteiger partial charge in [-0.25, -0.2) is 4.98 Å². The number of benzene rings is 1. The molecule has 0 N–H and O–H groups in total. The summed E-state index contributed by atoms with van der Waals surface area (Å²) in [4.78, 5) is 24.2. The average Bonchev–Trinajstić information content (AvgIpc) is 2.76. The van der Waals surface area contributed by atoms with Gasteiger partial charge >= 0.3 is 0 Å². The van der Waals surface area contributed by atoms with Crippen LogP contribution in [0.25, 0.3) is 11.3 Å². The largest absolute Gasteiger partial charge is 0.488 e. The highest BCUT2D eigenvalue weighted by Gasteiger charge is 2.37. The quantitative estimate of drug-likeness (QED) is 0.669. The Morgan fingerprint density at radius 1 is 1.17 bits per heavy atom. The van der Waals surface area contributed by atoms with Crippen LogP contribution in [0.15, 0.2) is 59.7 Å². The monoisotopic (exact) mass is 402 g/mol. The zero-order valence-electron chi connectivity index (χ0n) is 17.4. The molecule has 6 heteroatoms. The van der Waals surface area contributed by atoms with Crippen LogP contribution in [0.4, 0.5) is 5.95 Å². The van der Waals surface area contributed by atoms with Gasteiger partial charge in [0.15, 0.2) is 0 Å². The minimum atomic E-state index is -0.114. The van der Waals surface area contributed by atoms with Gasteiger partial charge in [-0.1, -0.05) is 18.2 Å². The first-order chi connectivity index (χ1) is 14.5. The molecule has 1 atom stereocenters. The molecule has 5 rings (SSSR count). The number of hydrogen-bond acceptors (Lipinski definition) is 5. The summed E-state index contributed by atoms with van der Waals surface area (Å²) in [6, 6.07) is 13.7. The van der Waals surface area contributed by atoms with E-state index >= 15 is 0 Å². The fraction of sp³-hybridized carbons (Fsp3) is 0.375. The molecule has 0 radical (unpaired) electrons. The minimum Gasteiger partial charge on any atom is -0.488 e. The molecule has 1 aromatic carbocycles. The summed E-state index contributed by atoms with van der Waals surface area (Å²) in [5.74, 6) is 1.70. The van der Waals surface area contributed by atoms with Gasteiger partial charge in [0.25, 0.3) is 5.56 Å². The maximum atomic E-state index is 12.9. The van der Waals surface area contributed by atoms with Crippen LogP contribution in [0, 0.1) is 0 Å². The van der Waals surface area contributed by atoms with Crippen LogP contribution in [-0.2, 0) is 13.0 Å². The Morgan fingerprint density at radius 2 is 1.97 bits per heavy atom. The van der Waals surface area contributed by atoms with E-state index < -0.39 is 0 Å². The number of para-hydroxylation sites is 1. The van der Waals surface area contributed by atoms with Crippen molar-refractivity contribution in [3.05, 3.63) is 70.8 Å². The van der Waals surface area contributed by atoms with Crippen molar-refractivity contribution in [2.45, 2.75) is 51.3 Å². The molecular weight excluding hydrogens is 376 g/mol. The van der Waals surface area contributed by atoms with Gasteiger partial charge in [-0.15, -0.1) is 0 Å². The van der Waals surface area contributed by atoms with Gasteiger partial charge in [0.05, 0.1) is 12.2 Å². The number of hydrogen-bond donors (Lipinski definition) is 0. The Hall–Kier alpha value is -3.15. The number of anilines is 1. The average molecular weight is 402 g/mol. The molecule has 0 saturated carbocycles. The first-order valence-corrected chi connectivity index (χ1v) is 10.6. The molecule has 2 aliphatic rings. The lowest BCUT2D eigenvalue weighted by Gasteiger charge is -2.46. The van der Waals surface area contributed by atoms with E-state index in [9.17, 15) is 4.79 Å². The summed E-state index contributed by atoms with van der Waals surface area (Å²) >= 11 is 0. The molecule has 4 heterocycles. The summed E-state index contributed by atoms with van der Waals surface area (Å²) in [6.45, 7) is 5.82. The molecule has 0 aliphatic carbocycles. The van der Waals surface area contributed by atoms with E-state index in [4.69, 9.17) is 9.72 Å². The Labute approximate surface area is 176 Å². The zero-order valence-corrected chi connectivity index (χ0v) is 17.4. The van der Waals surface area contributed by atoms with Crippen LogP contribution in [0.1, 0.15) is 32.3 Å². The highest BCUT2D eigenvalue weighted by atomic mass is 16.5. The van der Waals surface area contributed by atoms with E-state index in [1.165, 1.54) is 5.56 Å². The van der Waals surface area contributed by atoms with Gasteiger partial charge < -0.3 is 9.64 Å². The van der Waals surface area contributed by atoms with Crippen molar-refractivity contribution in [1.82, 2.24) is 14.5 Å². The highest BCUT2D eigenvalue weighted by Crippen LogP contribution is 2.34. The second-order valence-corrected chi connectivity index (χ2v) is 8.73. The smallest absolute Gasteiger partial charge is 0.255 e. The number of pyridine rings is 1. The second kappa shape index (κ2) is 7.27. The molecule has 2 aliphatic heterocycles. The number of aromatic nitrogens is 3. The maximum absolute atomic E-state index is 12.9. The Bertz CT molecular complexity index is 1120. The van der Waals surface area contributed by atoms with Crippen molar-refractivity contribution in [2.24, 2.45) is 0 Å². The minimum absolute atomic E-state index is 0.0118. The van der Waals surface area contributed by atoms with E-state index in [0.29, 0.717) is 18.8 Å². The van der Waals surface area contributed by atoms with E-state index in [-0.39, 0.29) is 17.2 Å². The van der Waals surface area contributed by atoms with Crippen LogP contribution in [0.5, 0.6) is 5.75 Å². The first-order valence-electron chi connectivity index (χ1n) is 10.6. The van der Waals surface area contributed by atoms with Crippen LogP contribution in [0.3, 0.4) is 0 Å². The molecule has 6 nitrogen and oxygen atoms in total. The lowest BCUT2D eigenvalue weighted by atomic mass is 9.94. The Balaban J connectivity index is 1.51. The van der Waals surface area contributed by atoms with Gasteiger partial charge in [-0.3, -0.25) is 14.3 Å². The molecule has 3 aromatic rings. The summed E-state index contributed by atoms with van der Waals surface area (Å²) in [5.41, 5.74) is 2.72. The van der Waals surface area contributed by atoms with Gasteiger partial charge in [0, 0.05) is 36.1 Å². The van der Waals surface area contributed by atoms with Gasteiger partial charge in [0.2, 0.25) is 5.95 Å². The predicted octanol–water partition coefficient (Wildman–Crippen LogP) is 3.69. The van der Waals surface area contributed by atoms with Crippen molar-refractivity contribution in [2.75, 3.05) is 11.4 Å². The van der Waals surface area contributed by atoms with Crippen molar-refractivity contribution >= 4 is 5.95 Å². The number of ether oxygens (including phenoxy) is 1. The molecule has 0 bridgehead atoms. The standard InChI is InChI=1S/C24H26N4O2/c1-24(2)11-14-27-22(29)15-20(17-9-12-25-13-10-17)26-23(27)28(24)16-19-8-7-18-5-3-4-6-21(18)30-19/h3-6,9-10,12-13,15,19H,7-8,11,14,16H2,1-2H3. The third kappa shape index (κ3) is 3.36. The topological polar surface area (TPSA) is 60.2 Å². The van der Waals surface area contributed by atoms with Crippen molar-refractivity contribution in [1.29, 1.82) is 0 Å². The molecular formula is C24H26N4O2. The third-order valence-electron chi connectivity index (χ3n) is 6.27. The van der Waals surface area contributed by atoms with E-state index in [2.05, 4.69) is 35.9 Å². The fourth-order valence-electron chi connectivity index (χ4n) is 4.41. The highest BCUT2D eigenvalue weighted by molar-refractivity contribution is 5.60. The van der Waals surface area contributed by atoms with Gasteiger partial charge in [-0.05, 0) is 56.9 Å². The molecule has 0 fully saturated rings. The maximum Gasteiger partial charge on any atom is 0.255 e. The third-order valence-corrected chi connectivity index (χ3v) is 6.27. The van der Waals surface area contributed by atoms with Crippen LogP contribution in [-0.4, -0.2) is 32.7 Å². The summed E-state index contributed by atoms with van der Waals surface area (Å²) in [6.07, 6.45) is 6.36. The van der Waals surface area contributed by atoms with Crippen LogP contribution in [0.2, 0.25) is 0 Å². The van der Waals surface area contributed by atoms with E-state index in [0.717, 1.165) is 36.5 Å². The number of fused-ring (bicyclic) bond motifs is 2. The molecule has 2 aromatic heterocycles.